The van der Waals surface area contributed by atoms with Crippen molar-refractivity contribution in [3.8, 4) is 11.3 Å². The predicted molar refractivity (Wildman–Crippen MR) is 194 cm³/mol. The first kappa shape index (κ1) is 32.4. The molecule has 2 aliphatic rings. The third-order valence-corrected chi connectivity index (χ3v) is 8.90. The van der Waals surface area contributed by atoms with Gasteiger partial charge < -0.3 is 15.5 Å². The number of benzene rings is 3. The van der Waals surface area contributed by atoms with Crippen LogP contribution in [-0.2, 0) is 11.3 Å². The van der Waals surface area contributed by atoms with Crippen LogP contribution in [0.15, 0.2) is 104 Å². The number of anilines is 5. The number of nitrogens with one attached hydrogen (secondary N) is 3. The number of amides is 4. The minimum Gasteiger partial charge on any atom is -0.369 e. The lowest BCUT2D eigenvalue weighted by Crippen LogP contribution is -2.49. The molecule has 2 saturated heterocycles. The van der Waals surface area contributed by atoms with E-state index < -0.39 is 0 Å². The second kappa shape index (κ2) is 14.5. The van der Waals surface area contributed by atoms with Crippen molar-refractivity contribution in [3.63, 3.8) is 0 Å². The summed E-state index contributed by atoms with van der Waals surface area (Å²) < 4.78 is 0. The maximum Gasteiger partial charge on any atom is 0.328 e. The highest BCUT2D eigenvalue weighted by Crippen LogP contribution is 2.26. The van der Waals surface area contributed by atoms with E-state index in [1.165, 1.54) is 0 Å². The van der Waals surface area contributed by atoms with Crippen molar-refractivity contribution >= 4 is 46.5 Å². The fraction of sp³-hybridized carbons (Fsp3) is 0.211. The molecule has 252 valence electrons. The molecule has 0 aliphatic carbocycles. The normalized spacial score (nSPS) is 15.1. The van der Waals surface area contributed by atoms with Gasteiger partial charge in [0, 0.05) is 98.2 Å². The van der Waals surface area contributed by atoms with Crippen LogP contribution in [0.2, 0.25) is 0 Å². The number of hydrogen-bond donors (Lipinski definition) is 3. The number of rotatable bonds is 9. The second-order valence-corrected chi connectivity index (χ2v) is 12.4. The SMILES string of the molecule is Cc1ccc(NC(=O)c2ccc(N3CCN(Cc4cccc(N5CCC(=O)NC5=O)c4)CC3)cc2)cc1Nc1nccc(-c2cccnc2)n1. The predicted octanol–water partition coefficient (Wildman–Crippen LogP) is 5.61. The van der Waals surface area contributed by atoms with Gasteiger partial charge in [-0.3, -0.25) is 29.7 Å². The van der Waals surface area contributed by atoms with Gasteiger partial charge in [0.1, 0.15) is 0 Å². The number of urea groups is 1. The highest BCUT2D eigenvalue weighted by Gasteiger charge is 2.25. The van der Waals surface area contributed by atoms with E-state index in [0.717, 1.165) is 72.2 Å². The maximum absolute atomic E-state index is 13.2. The minimum absolute atomic E-state index is 0.193. The number of nitrogens with zero attached hydrogens (tertiary/aromatic N) is 6. The Morgan fingerprint density at radius 2 is 1.70 bits per heavy atom. The van der Waals surface area contributed by atoms with Crippen molar-refractivity contribution in [1.82, 2.24) is 25.2 Å². The van der Waals surface area contributed by atoms with E-state index in [9.17, 15) is 14.4 Å². The topological polar surface area (TPSA) is 136 Å². The molecule has 0 bridgehead atoms. The highest BCUT2D eigenvalue weighted by molar-refractivity contribution is 6.06. The van der Waals surface area contributed by atoms with Gasteiger partial charge in [0.05, 0.1) is 5.69 Å². The number of piperazine rings is 1. The summed E-state index contributed by atoms with van der Waals surface area (Å²) in [6, 6.07) is 26.6. The molecule has 0 atom stereocenters. The molecule has 0 unspecified atom stereocenters. The number of carbonyl (C=O) groups is 3. The fourth-order valence-electron chi connectivity index (χ4n) is 6.13. The Kier molecular flexibility index (Phi) is 9.43. The molecule has 3 aromatic carbocycles. The zero-order chi connectivity index (χ0) is 34.5. The molecule has 50 heavy (non-hydrogen) atoms. The van der Waals surface area contributed by atoms with Crippen molar-refractivity contribution in [2.45, 2.75) is 19.9 Å². The molecule has 5 aromatic rings. The average Bonchev–Trinajstić information content (AvgIpc) is 3.14. The lowest BCUT2D eigenvalue weighted by Gasteiger charge is -2.36. The summed E-state index contributed by atoms with van der Waals surface area (Å²) in [4.78, 5) is 56.5. The van der Waals surface area contributed by atoms with Crippen LogP contribution in [0.5, 0.6) is 0 Å². The molecule has 2 fully saturated rings. The molecule has 4 amide bonds. The van der Waals surface area contributed by atoms with Gasteiger partial charge >= 0.3 is 6.03 Å². The first-order valence-electron chi connectivity index (χ1n) is 16.6. The van der Waals surface area contributed by atoms with E-state index in [4.69, 9.17) is 0 Å². The highest BCUT2D eigenvalue weighted by atomic mass is 16.2. The number of aromatic nitrogens is 3. The molecule has 7 rings (SSSR count). The first-order chi connectivity index (χ1) is 24.4. The van der Waals surface area contributed by atoms with E-state index in [2.05, 4.69) is 46.8 Å². The molecule has 0 radical (unpaired) electrons. The Labute approximate surface area is 290 Å². The second-order valence-electron chi connectivity index (χ2n) is 12.4. The van der Waals surface area contributed by atoms with E-state index in [1.807, 2.05) is 85.8 Å². The van der Waals surface area contributed by atoms with Crippen LogP contribution < -0.4 is 25.8 Å². The Bertz CT molecular complexity index is 2010. The number of hydrogen-bond acceptors (Lipinski definition) is 9. The number of imide groups is 1. The Morgan fingerprint density at radius 1 is 0.860 bits per heavy atom. The quantitative estimate of drug-likeness (QED) is 0.183. The van der Waals surface area contributed by atoms with Gasteiger partial charge in [0.2, 0.25) is 11.9 Å². The zero-order valence-electron chi connectivity index (χ0n) is 27.7. The lowest BCUT2D eigenvalue weighted by atomic mass is 10.1. The van der Waals surface area contributed by atoms with Crippen molar-refractivity contribution < 1.29 is 14.4 Å². The van der Waals surface area contributed by atoms with Gasteiger partial charge in [-0.15, -0.1) is 0 Å². The summed E-state index contributed by atoms with van der Waals surface area (Å²) in [5.41, 5.74) is 7.66. The third-order valence-electron chi connectivity index (χ3n) is 8.90. The summed E-state index contributed by atoms with van der Waals surface area (Å²) in [7, 11) is 0. The molecular weight excluding hydrogens is 630 g/mol. The van der Waals surface area contributed by atoms with E-state index >= 15 is 0 Å². The van der Waals surface area contributed by atoms with Crippen molar-refractivity contribution in [3.05, 3.63) is 120 Å². The lowest BCUT2D eigenvalue weighted by molar-refractivity contribution is -0.120. The molecule has 12 nitrogen and oxygen atoms in total. The van der Waals surface area contributed by atoms with Crippen LogP contribution in [0.3, 0.4) is 0 Å². The van der Waals surface area contributed by atoms with Crippen LogP contribution in [0, 0.1) is 6.92 Å². The Balaban J connectivity index is 0.926. The smallest absolute Gasteiger partial charge is 0.328 e. The van der Waals surface area contributed by atoms with Gasteiger partial charge in [-0.05, 0) is 84.8 Å². The monoisotopic (exact) mass is 667 g/mol. The molecule has 3 N–H and O–H groups in total. The largest absolute Gasteiger partial charge is 0.369 e. The van der Waals surface area contributed by atoms with E-state index in [0.29, 0.717) is 30.2 Å². The minimum atomic E-state index is -0.372. The number of aryl methyl sites for hydroxylation is 1. The van der Waals surface area contributed by atoms with Crippen LogP contribution in [0.4, 0.5) is 33.5 Å². The first-order valence-corrected chi connectivity index (χ1v) is 16.6. The summed E-state index contributed by atoms with van der Waals surface area (Å²) >= 11 is 0. The summed E-state index contributed by atoms with van der Waals surface area (Å²) in [6.07, 6.45) is 5.49. The molecule has 2 aromatic heterocycles. The Morgan fingerprint density at radius 3 is 2.48 bits per heavy atom. The average molecular weight is 668 g/mol. The summed E-state index contributed by atoms with van der Waals surface area (Å²) in [6.45, 7) is 6.62. The molecular formula is C38H37N9O3. The molecule has 12 heteroatoms. The van der Waals surface area contributed by atoms with Crippen molar-refractivity contribution in [2.24, 2.45) is 0 Å². The van der Waals surface area contributed by atoms with E-state index in [1.54, 1.807) is 23.5 Å². The maximum atomic E-state index is 13.2. The van der Waals surface area contributed by atoms with Gasteiger partial charge in [0.15, 0.2) is 0 Å². The van der Waals surface area contributed by atoms with Crippen molar-refractivity contribution in [2.75, 3.05) is 53.2 Å². The van der Waals surface area contributed by atoms with Crippen LogP contribution in [-0.4, -0.2) is 70.4 Å². The summed E-state index contributed by atoms with van der Waals surface area (Å²) in [5, 5.41) is 8.69. The Hall–Kier alpha value is -6.14. The zero-order valence-corrected chi connectivity index (χ0v) is 27.7. The van der Waals surface area contributed by atoms with Crippen LogP contribution >= 0.6 is 0 Å². The molecule has 4 heterocycles. The standard InChI is InChI=1S/C38H37N9O3/c1-26-7-10-30(23-34(26)43-37-40-16-13-33(42-37)29-5-3-15-39-24-29)41-36(49)28-8-11-31(12-9-28)46-20-18-45(19-21-46)25-27-4-2-6-32(22-27)47-17-14-35(48)44-38(47)50/h2-13,15-16,22-24H,14,17-21,25H2,1H3,(H,41,49)(H,40,42,43)(H,44,48,50). The van der Waals surface area contributed by atoms with Crippen molar-refractivity contribution in [1.29, 1.82) is 0 Å². The van der Waals surface area contributed by atoms with Crippen LogP contribution in [0.25, 0.3) is 11.3 Å². The molecule has 2 aliphatic heterocycles. The van der Waals surface area contributed by atoms with Gasteiger partial charge in [0.25, 0.3) is 5.91 Å². The van der Waals surface area contributed by atoms with Gasteiger partial charge in [-0.25, -0.2) is 14.8 Å². The van der Waals surface area contributed by atoms with Crippen LogP contribution in [0.1, 0.15) is 27.9 Å². The molecule has 0 saturated carbocycles. The molecule has 0 spiro atoms. The van der Waals surface area contributed by atoms with E-state index in [-0.39, 0.29) is 17.8 Å². The number of pyridine rings is 1. The van der Waals surface area contributed by atoms with Gasteiger partial charge in [-0.2, -0.15) is 0 Å². The van der Waals surface area contributed by atoms with Gasteiger partial charge in [-0.1, -0.05) is 18.2 Å². The fourth-order valence-corrected chi connectivity index (χ4v) is 6.13. The number of carbonyl (C=O) groups excluding carboxylic acids is 3. The summed E-state index contributed by atoms with van der Waals surface area (Å²) in [5.74, 6) is 0.0213. The third kappa shape index (κ3) is 7.61.